The van der Waals surface area contributed by atoms with Crippen LogP contribution in [0.3, 0.4) is 0 Å². The lowest BCUT2D eigenvalue weighted by Crippen LogP contribution is -2.43. The van der Waals surface area contributed by atoms with Crippen molar-refractivity contribution in [2.45, 2.75) is 31.7 Å². The van der Waals surface area contributed by atoms with Crippen LogP contribution in [0.5, 0.6) is 5.88 Å². The molecular weight excluding hydrogens is 343 g/mol. The summed E-state index contributed by atoms with van der Waals surface area (Å²) in [6.45, 7) is 0.269. The van der Waals surface area contributed by atoms with Crippen molar-refractivity contribution in [1.29, 1.82) is 0 Å². The molecule has 0 aliphatic carbocycles. The normalized spacial score (nSPS) is 11.8. The number of rotatable bonds is 11. The van der Waals surface area contributed by atoms with Crippen LogP contribution in [0, 0.1) is 5.95 Å². The monoisotopic (exact) mass is 364 g/mol. The second-order valence-corrected chi connectivity index (χ2v) is 5.60. The van der Waals surface area contributed by atoms with Crippen molar-refractivity contribution in [1.82, 2.24) is 15.5 Å². The molecule has 0 saturated carbocycles. The van der Waals surface area contributed by atoms with E-state index in [9.17, 15) is 14.0 Å². The van der Waals surface area contributed by atoms with Gasteiger partial charge in [0.25, 0.3) is 11.8 Å². The lowest BCUT2D eigenvalue weighted by Gasteiger charge is -2.17. The van der Waals surface area contributed by atoms with Gasteiger partial charge in [0.1, 0.15) is 6.26 Å². The van der Waals surface area contributed by atoms with Crippen LogP contribution in [-0.4, -0.2) is 41.0 Å². The number of ketones is 1. The van der Waals surface area contributed by atoms with Crippen molar-refractivity contribution in [3.8, 4) is 5.88 Å². The first-order valence-corrected chi connectivity index (χ1v) is 8.29. The van der Waals surface area contributed by atoms with Crippen molar-refractivity contribution in [3.63, 3.8) is 0 Å². The second-order valence-electron chi connectivity index (χ2n) is 5.60. The number of aromatic nitrogens is 2. The summed E-state index contributed by atoms with van der Waals surface area (Å²) in [6.07, 6.45) is 5.29. The van der Waals surface area contributed by atoms with E-state index in [2.05, 4.69) is 20.0 Å². The number of nitrogens with one attached hydrogen (secondary N) is 1. The number of Topliss-reactive ketones (excluding diaryl/α,β-unsaturated/α-hetero) is 1. The highest BCUT2D eigenvalue weighted by Crippen LogP contribution is 2.10. The van der Waals surface area contributed by atoms with E-state index in [1.165, 1.54) is 30.7 Å². The molecule has 0 radical (unpaired) electrons. The molecule has 8 nitrogen and oxygen atoms in total. The van der Waals surface area contributed by atoms with Crippen molar-refractivity contribution >= 4 is 11.7 Å². The van der Waals surface area contributed by atoms with E-state index in [1.807, 2.05) is 0 Å². The minimum absolute atomic E-state index is 0.171. The minimum Gasteiger partial charge on any atom is -0.467 e. The van der Waals surface area contributed by atoms with Crippen LogP contribution in [-0.2, 0) is 4.79 Å². The van der Waals surface area contributed by atoms with Crippen LogP contribution in [0.2, 0.25) is 0 Å². The molecule has 2 rings (SSSR count). The fourth-order valence-corrected chi connectivity index (χ4v) is 2.30. The fraction of sp³-hybridized carbons (Fsp3) is 0.412. The number of nitrogens with two attached hydrogens (primary N) is 1. The Hall–Kier alpha value is -2.81. The summed E-state index contributed by atoms with van der Waals surface area (Å²) in [5, 5.41) is 6.10. The molecule has 2 heterocycles. The van der Waals surface area contributed by atoms with Crippen LogP contribution in [0.15, 0.2) is 35.2 Å². The van der Waals surface area contributed by atoms with Gasteiger partial charge in [0, 0.05) is 12.3 Å². The van der Waals surface area contributed by atoms with E-state index in [0.29, 0.717) is 19.4 Å². The predicted octanol–water partition coefficient (Wildman–Crippen LogP) is 1.47. The Kier molecular flexibility index (Phi) is 7.69. The van der Waals surface area contributed by atoms with Crippen molar-refractivity contribution in [3.05, 3.63) is 42.2 Å². The highest BCUT2D eigenvalue weighted by molar-refractivity contribution is 5.98. The molecular formula is C17H21FN4O4. The first kappa shape index (κ1) is 19.5. The molecule has 2 aromatic heterocycles. The molecule has 0 unspecified atom stereocenters. The molecule has 0 fully saturated rings. The number of carbonyl (C=O) groups excluding carboxylic acids is 2. The highest BCUT2D eigenvalue weighted by Gasteiger charge is 2.23. The molecule has 0 aliphatic rings. The Labute approximate surface area is 149 Å². The maximum atomic E-state index is 13.7. The lowest BCUT2D eigenvalue weighted by molar-refractivity contribution is -0.123. The summed E-state index contributed by atoms with van der Waals surface area (Å²) in [6, 6.07) is 3.41. The zero-order valence-corrected chi connectivity index (χ0v) is 14.2. The van der Waals surface area contributed by atoms with E-state index in [1.54, 1.807) is 0 Å². The van der Waals surface area contributed by atoms with Crippen molar-refractivity contribution in [2.24, 2.45) is 5.73 Å². The quantitative estimate of drug-likeness (QED) is 0.457. The molecule has 0 aromatic carbocycles. The zero-order chi connectivity index (χ0) is 18.8. The summed E-state index contributed by atoms with van der Waals surface area (Å²) in [5.74, 6) is -1.77. The van der Waals surface area contributed by atoms with E-state index < -0.39 is 17.9 Å². The Balaban J connectivity index is 1.98. The first-order chi connectivity index (χ1) is 12.6. The number of pyridine rings is 1. The third-order valence-corrected chi connectivity index (χ3v) is 3.67. The fourth-order valence-electron chi connectivity index (χ4n) is 2.30. The standard InChI is InChI=1S/C17H21FN4O4/c18-16-12(5-4-9-20-16)17(24)21-13(6-2-1-3-8-19)14(23)11-25-15-7-10-26-22-15/h4-5,7,9-10,13H,1-3,6,8,11,19H2,(H,21,24)/t13-/m0/s1. The van der Waals surface area contributed by atoms with E-state index in [-0.39, 0.29) is 23.8 Å². The summed E-state index contributed by atoms with van der Waals surface area (Å²) < 4.78 is 23.5. The Morgan fingerprint density at radius 2 is 2.15 bits per heavy atom. The number of amides is 1. The number of nitrogens with zero attached hydrogens (tertiary/aromatic N) is 2. The van der Waals surface area contributed by atoms with E-state index in [4.69, 9.17) is 10.5 Å². The van der Waals surface area contributed by atoms with Gasteiger partial charge in [0.15, 0.2) is 12.4 Å². The lowest BCUT2D eigenvalue weighted by atomic mass is 10.0. The SMILES string of the molecule is NCCCCC[C@H](NC(=O)c1cccnc1F)C(=O)COc1ccon1. The largest absolute Gasteiger partial charge is 0.467 e. The molecule has 9 heteroatoms. The van der Waals surface area contributed by atoms with E-state index in [0.717, 1.165) is 12.8 Å². The first-order valence-electron chi connectivity index (χ1n) is 8.29. The number of halogens is 1. The summed E-state index contributed by atoms with van der Waals surface area (Å²) in [5.41, 5.74) is 5.24. The maximum absolute atomic E-state index is 13.7. The minimum atomic E-state index is -0.891. The number of hydrogen-bond acceptors (Lipinski definition) is 7. The van der Waals surface area contributed by atoms with E-state index >= 15 is 0 Å². The molecule has 3 N–H and O–H groups in total. The van der Waals surface area contributed by atoms with Crippen LogP contribution >= 0.6 is 0 Å². The smallest absolute Gasteiger partial charge is 0.256 e. The van der Waals surface area contributed by atoms with Gasteiger partial charge >= 0.3 is 0 Å². The molecule has 1 amide bonds. The summed E-state index contributed by atoms with van der Waals surface area (Å²) >= 11 is 0. The molecule has 26 heavy (non-hydrogen) atoms. The Morgan fingerprint density at radius 1 is 1.31 bits per heavy atom. The third-order valence-electron chi connectivity index (χ3n) is 3.67. The Bertz CT molecular complexity index is 709. The number of carbonyl (C=O) groups is 2. The summed E-state index contributed by atoms with van der Waals surface area (Å²) in [7, 11) is 0. The number of ether oxygens (including phenoxy) is 1. The molecule has 0 aliphatic heterocycles. The average Bonchev–Trinajstić information content (AvgIpc) is 3.16. The van der Waals surface area contributed by atoms with Gasteiger partial charge in [-0.3, -0.25) is 9.59 Å². The second kappa shape index (κ2) is 10.2. The van der Waals surface area contributed by atoms with Crippen molar-refractivity contribution < 1.29 is 23.2 Å². The van der Waals surface area contributed by atoms with Crippen LogP contribution in [0.1, 0.15) is 36.0 Å². The molecule has 2 aromatic rings. The molecule has 0 bridgehead atoms. The Morgan fingerprint density at radius 3 is 2.85 bits per heavy atom. The maximum Gasteiger partial charge on any atom is 0.256 e. The average molecular weight is 364 g/mol. The van der Waals surface area contributed by atoms with Crippen LogP contribution in [0.25, 0.3) is 0 Å². The third kappa shape index (κ3) is 5.92. The predicted molar refractivity (Wildman–Crippen MR) is 90.0 cm³/mol. The molecule has 1 atom stereocenters. The van der Waals surface area contributed by atoms with Gasteiger partial charge in [-0.05, 0) is 36.7 Å². The zero-order valence-electron chi connectivity index (χ0n) is 14.2. The topological polar surface area (TPSA) is 120 Å². The molecule has 140 valence electrons. The van der Waals surface area contributed by atoms with Crippen molar-refractivity contribution in [2.75, 3.05) is 13.2 Å². The number of unbranched alkanes of at least 4 members (excludes halogenated alkanes) is 2. The summed E-state index contributed by atoms with van der Waals surface area (Å²) in [4.78, 5) is 28.1. The van der Waals surface area contributed by atoms with Gasteiger partial charge in [-0.1, -0.05) is 12.8 Å². The van der Waals surface area contributed by atoms with Gasteiger partial charge in [0.2, 0.25) is 5.95 Å². The molecule has 0 saturated heterocycles. The highest BCUT2D eigenvalue weighted by atomic mass is 19.1. The molecule has 0 spiro atoms. The van der Waals surface area contributed by atoms with Gasteiger partial charge in [0.05, 0.1) is 11.6 Å². The van der Waals surface area contributed by atoms with Gasteiger partial charge in [-0.15, -0.1) is 0 Å². The number of hydrogen-bond donors (Lipinski definition) is 2. The van der Waals surface area contributed by atoms with Gasteiger partial charge < -0.3 is 20.3 Å². The van der Waals surface area contributed by atoms with Crippen LogP contribution in [0.4, 0.5) is 4.39 Å². The van der Waals surface area contributed by atoms with Crippen LogP contribution < -0.4 is 15.8 Å². The van der Waals surface area contributed by atoms with Gasteiger partial charge in [-0.2, -0.15) is 4.39 Å². The van der Waals surface area contributed by atoms with Gasteiger partial charge in [-0.25, -0.2) is 4.98 Å².